The van der Waals surface area contributed by atoms with Crippen LogP contribution in [-0.2, 0) is 10.0 Å². The fourth-order valence-corrected chi connectivity index (χ4v) is 3.68. The van der Waals surface area contributed by atoms with Crippen LogP contribution in [0.25, 0.3) is 0 Å². The largest absolute Gasteiger partial charge is 0.497 e. The van der Waals surface area contributed by atoms with E-state index in [1.165, 1.54) is 7.11 Å². The van der Waals surface area contributed by atoms with E-state index >= 15 is 0 Å². The van der Waals surface area contributed by atoms with E-state index in [2.05, 4.69) is 10.0 Å². The minimum absolute atomic E-state index is 0.0559. The number of aryl methyl sites for hydroxylation is 2. The number of carbonyl (C=O) groups excluding carboxylic acids is 1. The SMILES string of the molecule is COc1ccc(C(=O)NCCNS(=O)(=O)c2cc(C)c(C)cc2OC)cc1. The summed E-state index contributed by atoms with van der Waals surface area (Å²) in [5, 5.41) is 2.67. The second-order valence-electron chi connectivity index (χ2n) is 5.97. The van der Waals surface area contributed by atoms with Gasteiger partial charge in [-0.15, -0.1) is 0 Å². The van der Waals surface area contributed by atoms with Crippen LogP contribution in [0.4, 0.5) is 0 Å². The monoisotopic (exact) mass is 392 g/mol. The topological polar surface area (TPSA) is 93.7 Å². The molecular formula is C19H24N2O5S. The lowest BCUT2D eigenvalue weighted by molar-refractivity contribution is 0.0954. The van der Waals surface area contributed by atoms with Gasteiger partial charge in [-0.25, -0.2) is 13.1 Å². The van der Waals surface area contributed by atoms with Crippen LogP contribution in [0.1, 0.15) is 21.5 Å². The van der Waals surface area contributed by atoms with Crippen molar-refractivity contribution < 1.29 is 22.7 Å². The van der Waals surface area contributed by atoms with E-state index in [4.69, 9.17) is 9.47 Å². The van der Waals surface area contributed by atoms with Crippen LogP contribution in [0.5, 0.6) is 11.5 Å². The first kappa shape index (κ1) is 20.7. The molecule has 0 bridgehead atoms. The van der Waals surface area contributed by atoms with Gasteiger partial charge in [-0.1, -0.05) is 0 Å². The van der Waals surface area contributed by atoms with E-state index in [-0.39, 0.29) is 29.6 Å². The van der Waals surface area contributed by atoms with Gasteiger partial charge in [0.25, 0.3) is 5.91 Å². The Balaban J connectivity index is 1.96. The van der Waals surface area contributed by atoms with E-state index in [0.29, 0.717) is 11.3 Å². The zero-order chi connectivity index (χ0) is 20.0. The summed E-state index contributed by atoms with van der Waals surface area (Å²) in [5.74, 6) is 0.648. The molecule has 0 atom stereocenters. The molecule has 7 nitrogen and oxygen atoms in total. The lowest BCUT2D eigenvalue weighted by Gasteiger charge is -2.13. The van der Waals surface area contributed by atoms with Crippen molar-refractivity contribution in [3.8, 4) is 11.5 Å². The number of carbonyl (C=O) groups is 1. The van der Waals surface area contributed by atoms with Crippen LogP contribution in [0.3, 0.4) is 0 Å². The summed E-state index contributed by atoms with van der Waals surface area (Å²) < 4.78 is 37.8. The Hall–Kier alpha value is -2.58. The molecule has 2 rings (SSSR count). The smallest absolute Gasteiger partial charge is 0.251 e. The average Bonchev–Trinajstić information content (AvgIpc) is 2.66. The molecule has 146 valence electrons. The number of hydrogen-bond acceptors (Lipinski definition) is 5. The number of benzene rings is 2. The van der Waals surface area contributed by atoms with Gasteiger partial charge in [-0.3, -0.25) is 4.79 Å². The number of ether oxygens (including phenoxy) is 2. The molecule has 2 N–H and O–H groups in total. The van der Waals surface area contributed by atoms with Crippen LogP contribution in [0.15, 0.2) is 41.3 Å². The van der Waals surface area contributed by atoms with Crippen molar-refractivity contribution in [2.24, 2.45) is 0 Å². The lowest BCUT2D eigenvalue weighted by Crippen LogP contribution is -2.34. The van der Waals surface area contributed by atoms with Crippen molar-refractivity contribution >= 4 is 15.9 Å². The first-order valence-corrected chi connectivity index (χ1v) is 9.84. The third-order valence-electron chi connectivity index (χ3n) is 4.12. The fraction of sp³-hybridized carbons (Fsp3) is 0.316. The van der Waals surface area contributed by atoms with Crippen molar-refractivity contribution in [3.05, 3.63) is 53.1 Å². The zero-order valence-electron chi connectivity index (χ0n) is 15.8. The molecule has 0 aliphatic carbocycles. The maximum absolute atomic E-state index is 12.5. The third-order valence-corrected chi connectivity index (χ3v) is 5.61. The molecule has 0 saturated heterocycles. The summed E-state index contributed by atoms with van der Waals surface area (Å²) in [6.07, 6.45) is 0. The summed E-state index contributed by atoms with van der Waals surface area (Å²) in [6.45, 7) is 3.93. The molecule has 0 saturated carbocycles. The molecule has 0 aliphatic rings. The van der Waals surface area contributed by atoms with Gasteiger partial charge >= 0.3 is 0 Å². The van der Waals surface area contributed by atoms with Crippen molar-refractivity contribution in [2.45, 2.75) is 18.7 Å². The maximum Gasteiger partial charge on any atom is 0.251 e. The Bertz CT molecular complexity index is 908. The third kappa shape index (κ3) is 5.21. The van der Waals surface area contributed by atoms with Gasteiger partial charge in [0, 0.05) is 18.7 Å². The Morgan fingerprint density at radius 3 is 2.19 bits per heavy atom. The van der Waals surface area contributed by atoms with E-state index in [0.717, 1.165) is 11.1 Å². The molecule has 0 heterocycles. The highest BCUT2D eigenvalue weighted by atomic mass is 32.2. The van der Waals surface area contributed by atoms with Crippen LogP contribution in [0, 0.1) is 13.8 Å². The maximum atomic E-state index is 12.5. The summed E-state index contributed by atoms with van der Waals surface area (Å²) in [6, 6.07) is 9.91. The molecule has 1 amide bonds. The number of nitrogens with one attached hydrogen (secondary N) is 2. The first-order valence-electron chi connectivity index (χ1n) is 8.35. The molecule has 2 aromatic rings. The summed E-state index contributed by atoms with van der Waals surface area (Å²) >= 11 is 0. The minimum Gasteiger partial charge on any atom is -0.497 e. The van der Waals surface area contributed by atoms with Gasteiger partial charge in [0.05, 0.1) is 14.2 Å². The Labute approximate surface area is 159 Å². The molecule has 0 aliphatic heterocycles. The van der Waals surface area contributed by atoms with Gasteiger partial charge in [-0.2, -0.15) is 0 Å². The molecule has 0 aromatic heterocycles. The Morgan fingerprint density at radius 1 is 0.963 bits per heavy atom. The molecule has 0 unspecified atom stereocenters. The molecule has 0 fully saturated rings. The van der Waals surface area contributed by atoms with Crippen molar-refractivity contribution in [3.63, 3.8) is 0 Å². The fourth-order valence-electron chi connectivity index (χ4n) is 2.42. The van der Waals surface area contributed by atoms with Gasteiger partial charge in [0.1, 0.15) is 16.4 Å². The number of rotatable bonds is 8. The predicted molar refractivity (Wildman–Crippen MR) is 103 cm³/mol. The molecule has 0 spiro atoms. The average molecular weight is 392 g/mol. The van der Waals surface area contributed by atoms with E-state index in [9.17, 15) is 13.2 Å². The Kier molecular flexibility index (Phi) is 6.81. The molecular weight excluding hydrogens is 368 g/mol. The quantitative estimate of drug-likeness (QED) is 0.671. The van der Waals surface area contributed by atoms with Crippen LogP contribution >= 0.6 is 0 Å². The normalized spacial score (nSPS) is 11.1. The highest BCUT2D eigenvalue weighted by molar-refractivity contribution is 7.89. The van der Waals surface area contributed by atoms with Gasteiger partial charge in [0.2, 0.25) is 10.0 Å². The standard InChI is InChI=1S/C19H24N2O5S/c1-13-11-17(26-4)18(12-14(13)2)27(23,24)21-10-9-20-19(22)15-5-7-16(25-3)8-6-15/h5-8,11-12,21H,9-10H2,1-4H3,(H,20,22). The van der Waals surface area contributed by atoms with Crippen molar-refractivity contribution in [2.75, 3.05) is 27.3 Å². The summed E-state index contributed by atoms with van der Waals surface area (Å²) in [5.41, 5.74) is 2.26. The Morgan fingerprint density at radius 2 is 1.59 bits per heavy atom. The predicted octanol–water partition coefficient (Wildman–Crippen LogP) is 2.03. The van der Waals surface area contributed by atoms with Gasteiger partial charge in [0.15, 0.2) is 0 Å². The van der Waals surface area contributed by atoms with E-state index in [1.807, 2.05) is 13.8 Å². The molecule has 27 heavy (non-hydrogen) atoms. The highest BCUT2D eigenvalue weighted by Crippen LogP contribution is 2.27. The summed E-state index contributed by atoms with van der Waals surface area (Å²) in [4.78, 5) is 12.2. The molecule has 2 aromatic carbocycles. The summed E-state index contributed by atoms with van der Waals surface area (Å²) in [7, 11) is -0.781. The van der Waals surface area contributed by atoms with Gasteiger partial charge < -0.3 is 14.8 Å². The van der Waals surface area contributed by atoms with Crippen LogP contribution in [0.2, 0.25) is 0 Å². The highest BCUT2D eigenvalue weighted by Gasteiger charge is 2.20. The van der Waals surface area contributed by atoms with Gasteiger partial charge in [-0.05, 0) is 61.4 Å². The molecule has 8 heteroatoms. The molecule has 0 radical (unpaired) electrons. The second-order valence-corrected chi connectivity index (χ2v) is 7.70. The minimum atomic E-state index is -3.76. The number of methoxy groups -OCH3 is 2. The lowest BCUT2D eigenvalue weighted by atomic mass is 10.1. The van der Waals surface area contributed by atoms with Crippen LogP contribution in [-0.4, -0.2) is 41.6 Å². The van der Waals surface area contributed by atoms with Crippen molar-refractivity contribution in [1.82, 2.24) is 10.0 Å². The van der Waals surface area contributed by atoms with Crippen LogP contribution < -0.4 is 19.5 Å². The zero-order valence-corrected chi connectivity index (χ0v) is 16.6. The van der Waals surface area contributed by atoms with E-state index in [1.54, 1.807) is 43.5 Å². The number of sulfonamides is 1. The number of hydrogen-bond donors (Lipinski definition) is 2. The van der Waals surface area contributed by atoms with E-state index < -0.39 is 10.0 Å². The van der Waals surface area contributed by atoms with Crippen molar-refractivity contribution in [1.29, 1.82) is 0 Å². The number of amides is 1. The first-order chi connectivity index (χ1) is 12.8. The second kappa shape index (κ2) is 8.88.